The van der Waals surface area contributed by atoms with E-state index in [2.05, 4.69) is 16.0 Å². The van der Waals surface area contributed by atoms with Gasteiger partial charge in [0.15, 0.2) is 5.11 Å². The number of hydrogen-bond acceptors (Lipinski definition) is 3. The highest BCUT2D eigenvalue weighted by Crippen LogP contribution is 2.36. The molecule has 1 atom stereocenters. The minimum Gasteiger partial charge on any atom is -0.332 e. The lowest BCUT2D eigenvalue weighted by atomic mass is 10.1. The zero-order valence-corrected chi connectivity index (χ0v) is 20.3. The number of para-hydroxylation sites is 1. The standard InChI is InChI=1S/C28H25N3OS2/c1-20-9-8-14-24(19-20)29-27(32)26(21-10-4-2-5-11-21)34-25-17-15-23(16-18-25)31-28(33)30-22-12-6-3-7-13-22/h2-19,26H,1H3,(H,29,32)(H2,30,31,33). The number of nitrogens with one attached hydrogen (secondary N) is 3. The van der Waals surface area contributed by atoms with Gasteiger partial charge >= 0.3 is 0 Å². The molecule has 34 heavy (non-hydrogen) atoms. The second-order valence-corrected chi connectivity index (χ2v) is 9.32. The van der Waals surface area contributed by atoms with Gasteiger partial charge in [0, 0.05) is 22.0 Å². The molecule has 4 nitrogen and oxygen atoms in total. The first kappa shape index (κ1) is 23.5. The SMILES string of the molecule is Cc1cccc(NC(=O)C(Sc2ccc(NC(=S)Nc3ccccc3)cc2)c2ccccc2)c1. The van der Waals surface area contributed by atoms with E-state index in [0.29, 0.717) is 5.11 Å². The molecule has 0 saturated carbocycles. The number of carbonyl (C=O) groups is 1. The van der Waals surface area contributed by atoms with E-state index in [1.165, 1.54) is 11.8 Å². The number of rotatable bonds is 7. The summed E-state index contributed by atoms with van der Waals surface area (Å²) < 4.78 is 0. The molecule has 0 heterocycles. The van der Waals surface area contributed by atoms with Crippen LogP contribution in [0, 0.1) is 6.92 Å². The molecular formula is C28H25N3OS2. The monoisotopic (exact) mass is 483 g/mol. The quantitative estimate of drug-likeness (QED) is 0.191. The van der Waals surface area contributed by atoms with Gasteiger partial charge in [-0.15, -0.1) is 11.8 Å². The highest BCUT2D eigenvalue weighted by molar-refractivity contribution is 8.00. The van der Waals surface area contributed by atoms with Gasteiger partial charge in [-0.2, -0.15) is 0 Å². The van der Waals surface area contributed by atoms with Gasteiger partial charge in [-0.1, -0.05) is 60.7 Å². The molecule has 0 radical (unpaired) electrons. The number of thiocarbonyl (C=S) groups is 1. The molecule has 6 heteroatoms. The van der Waals surface area contributed by atoms with Crippen LogP contribution in [-0.4, -0.2) is 11.0 Å². The minimum absolute atomic E-state index is 0.0581. The maximum atomic E-state index is 13.2. The smallest absolute Gasteiger partial charge is 0.242 e. The van der Waals surface area contributed by atoms with Gasteiger partial charge in [-0.25, -0.2) is 0 Å². The lowest BCUT2D eigenvalue weighted by Gasteiger charge is -2.18. The van der Waals surface area contributed by atoms with Crippen LogP contribution in [0.4, 0.5) is 17.1 Å². The van der Waals surface area contributed by atoms with Crippen molar-refractivity contribution in [3.63, 3.8) is 0 Å². The summed E-state index contributed by atoms with van der Waals surface area (Å²) in [6.45, 7) is 2.01. The average Bonchev–Trinajstić information content (AvgIpc) is 2.84. The molecule has 1 unspecified atom stereocenters. The Morgan fingerprint density at radius 2 is 1.29 bits per heavy atom. The Balaban J connectivity index is 1.44. The zero-order valence-electron chi connectivity index (χ0n) is 18.7. The summed E-state index contributed by atoms with van der Waals surface area (Å²) in [4.78, 5) is 14.2. The highest BCUT2D eigenvalue weighted by atomic mass is 32.2. The molecular weight excluding hydrogens is 458 g/mol. The molecule has 0 fully saturated rings. The number of carbonyl (C=O) groups excluding carboxylic acids is 1. The molecule has 170 valence electrons. The normalized spacial score (nSPS) is 11.3. The molecule has 0 spiro atoms. The van der Waals surface area contributed by atoms with E-state index in [-0.39, 0.29) is 11.2 Å². The summed E-state index contributed by atoms with van der Waals surface area (Å²) in [7, 11) is 0. The van der Waals surface area contributed by atoms with Crippen LogP contribution in [0.3, 0.4) is 0 Å². The van der Waals surface area contributed by atoms with E-state index >= 15 is 0 Å². The average molecular weight is 484 g/mol. The van der Waals surface area contributed by atoms with E-state index in [4.69, 9.17) is 12.2 Å². The fourth-order valence-electron chi connectivity index (χ4n) is 3.40. The molecule has 0 aliphatic carbocycles. The molecule has 4 aromatic rings. The van der Waals surface area contributed by atoms with Crippen molar-refractivity contribution in [3.05, 3.63) is 120 Å². The first-order valence-electron chi connectivity index (χ1n) is 10.9. The first-order valence-corrected chi connectivity index (χ1v) is 12.2. The number of benzene rings is 4. The summed E-state index contributed by atoms with van der Waals surface area (Å²) >= 11 is 6.93. The van der Waals surface area contributed by atoms with Crippen molar-refractivity contribution in [1.82, 2.24) is 0 Å². The topological polar surface area (TPSA) is 53.2 Å². The van der Waals surface area contributed by atoms with Crippen LogP contribution < -0.4 is 16.0 Å². The maximum absolute atomic E-state index is 13.2. The summed E-state index contributed by atoms with van der Waals surface area (Å²) in [5.41, 5.74) is 4.65. The van der Waals surface area contributed by atoms with Crippen LogP contribution >= 0.6 is 24.0 Å². The predicted octanol–water partition coefficient (Wildman–Crippen LogP) is 7.28. The van der Waals surface area contributed by atoms with Crippen LogP contribution in [0.1, 0.15) is 16.4 Å². The lowest BCUT2D eigenvalue weighted by Crippen LogP contribution is -2.19. The largest absolute Gasteiger partial charge is 0.332 e. The third kappa shape index (κ3) is 6.70. The van der Waals surface area contributed by atoms with E-state index in [0.717, 1.165) is 33.1 Å². The van der Waals surface area contributed by atoms with Gasteiger partial charge in [-0.3, -0.25) is 4.79 Å². The molecule has 0 aliphatic heterocycles. The van der Waals surface area contributed by atoms with Crippen LogP contribution in [0.5, 0.6) is 0 Å². The Morgan fingerprint density at radius 3 is 1.94 bits per heavy atom. The molecule has 0 aromatic heterocycles. The molecule has 0 bridgehead atoms. The van der Waals surface area contributed by atoms with Gasteiger partial charge in [-0.05, 0) is 78.8 Å². The summed E-state index contributed by atoms with van der Waals surface area (Å²) in [6.07, 6.45) is 0. The first-order chi connectivity index (χ1) is 16.6. The van der Waals surface area contributed by atoms with Crippen LogP contribution in [0.25, 0.3) is 0 Å². The van der Waals surface area contributed by atoms with E-state index in [1.54, 1.807) is 0 Å². The van der Waals surface area contributed by atoms with Crippen molar-refractivity contribution < 1.29 is 4.79 Å². The lowest BCUT2D eigenvalue weighted by molar-refractivity contribution is -0.115. The molecule has 0 saturated heterocycles. The molecule has 4 rings (SSSR count). The number of hydrogen-bond donors (Lipinski definition) is 3. The second kappa shape index (κ2) is 11.5. The van der Waals surface area contributed by atoms with Crippen LogP contribution in [0.15, 0.2) is 114 Å². The van der Waals surface area contributed by atoms with Gasteiger partial charge in [0.2, 0.25) is 5.91 Å². The summed E-state index contributed by atoms with van der Waals surface area (Å²) in [5, 5.41) is 9.55. The van der Waals surface area contributed by atoms with E-state index in [9.17, 15) is 4.79 Å². The number of anilines is 3. The van der Waals surface area contributed by atoms with Crippen LogP contribution in [0.2, 0.25) is 0 Å². The molecule has 0 aliphatic rings. The van der Waals surface area contributed by atoms with Gasteiger partial charge < -0.3 is 16.0 Å². The Kier molecular flexibility index (Phi) is 7.96. The maximum Gasteiger partial charge on any atom is 0.242 e. The fourth-order valence-corrected chi connectivity index (χ4v) is 4.66. The van der Waals surface area contributed by atoms with Crippen molar-refractivity contribution in [2.75, 3.05) is 16.0 Å². The number of aryl methyl sites for hydroxylation is 1. The molecule has 4 aromatic carbocycles. The number of thioether (sulfide) groups is 1. The van der Waals surface area contributed by atoms with Crippen molar-refractivity contribution in [2.24, 2.45) is 0 Å². The Bertz CT molecular complexity index is 1250. The number of amides is 1. The van der Waals surface area contributed by atoms with Gasteiger partial charge in [0.1, 0.15) is 5.25 Å². The van der Waals surface area contributed by atoms with Crippen molar-refractivity contribution in [1.29, 1.82) is 0 Å². The van der Waals surface area contributed by atoms with Gasteiger partial charge in [0.25, 0.3) is 0 Å². The molecule has 1 amide bonds. The van der Waals surface area contributed by atoms with E-state index in [1.807, 2.05) is 116 Å². The van der Waals surface area contributed by atoms with Gasteiger partial charge in [0.05, 0.1) is 0 Å². The second-order valence-electron chi connectivity index (χ2n) is 7.74. The molecule has 3 N–H and O–H groups in total. The van der Waals surface area contributed by atoms with E-state index < -0.39 is 0 Å². The third-order valence-corrected chi connectivity index (χ3v) is 6.49. The summed E-state index contributed by atoms with van der Waals surface area (Å²) in [6, 6.07) is 35.4. The van der Waals surface area contributed by atoms with Crippen molar-refractivity contribution in [2.45, 2.75) is 17.1 Å². The van der Waals surface area contributed by atoms with Crippen LogP contribution in [-0.2, 0) is 4.79 Å². The minimum atomic E-state index is -0.388. The Morgan fingerprint density at radius 1 is 0.706 bits per heavy atom. The third-order valence-electron chi connectivity index (χ3n) is 5.02. The van der Waals surface area contributed by atoms with Crippen molar-refractivity contribution >= 4 is 52.1 Å². The predicted molar refractivity (Wildman–Crippen MR) is 148 cm³/mol. The Labute approximate surface area is 209 Å². The highest BCUT2D eigenvalue weighted by Gasteiger charge is 2.22. The van der Waals surface area contributed by atoms with Crippen molar-refractivity contribution in [3.8, 4) is 0 Å². The zero-order chi connectivity index (χ0) is 23.8. The Hall–Kier alpha value is -3.61. The summed E-state index contributed by atoms with van der Waals surface area (Å²) in [5.74, 6) is -0.0581. The fraction of sp³-hybridized carbons (Fsp3) is 0.0714.